The van der Waals surface area contributed by atoms with Crippen LogP contribution in [0.1, 0.15) is 6.42 Å². The molecule has 1 rings (SSSR count). The molecule has 1 atom stereocenters. The van der Waals surface area contributed by atoms with E-state index in [-0.39, 0.29) is 0 Å². The number of methoxy groups -OCH3 is 1. The Balaban J connectivity index is 2.09. The van der Waals surface area contributed by atoms with E-state index in [9.17, 15) is 4.80 Å². The standard InChI is InChI=1S/C12H20O3Si/c1-14-9-10-15-8-5-11-16(13)12-6-3-2-4-7-12/h2-4,6-7,13,16H,5,8-11H2,1H3. The van der Waals surface area contributed by atoms with Crippen LogP contribution in [0.5, 0.6) is 0 Å². The molecule has 0 aliphatic rings. The molecule has 0 spiro atoms. The number of benzene rings is 1. The van der Waals surface area contributed by atoms with Crippen LogP contribution < -0.4 is 5.19 Å². The highest BCUT2D eigenvalue weighted by molar-refractivity contribution is 6.66. The zero-order chi connectivity index (χ0) is 11.6. The van der Waals surface area contributed by atoms with Gasteiger partial charge < -0.3 is 14.3 Å². The lowest BCUT2D eigenvalue weighted by Gasteiger charge is -2.08. The van der Waals surface area contributed by atoms with Crippen molar-refractivity contribution >= 4 is 14.2 Å². The third-order valence-corrected chi connectivity index (χ3v) is 4.49. The van der Waals surface area contributed by atoms with Crippen molar-refractivity contribution in [3.63, 3.8) is 0 Å². The van der Waals surface area contributed by atoms with Crippen LogP contribution in [-0.4, -0.2) is 40.8 Å². The molecule has 0 aromatic heterocycles. The van der Waals surface area contributed by atoms with Crippen LogP contribution in [0.3, 0.4) is 0 Å². The van der Waals surface area contributed by atoms with Gasteiger partial charge in [-0.2, -0.15) is 0 Å². The molecular weight excluding hydrogens is 220 g/mol. The third-order valence-electron chi connectivity index (χ3n) is 2.38. The summed E-state index contributed by atoms with van der Waals surface area (Å²) in [6, 6.07) is 10.8. The molecule has 0 fully saturated rings. The molecule has 0 aliphatic carbocycles. The normalized spacial score (nSPS) is 12.6. The van der Waals surface area contributed by atoms with E-state index in [0.29, 0.717) is 19.8 Å². The molecule has 1 N–H and O–H groups in total. The van der Waals surface area contributed by atoms with E-state index < -0.39 is 9.04 Å². The number of hydrogen-bond donors (Lipinski definition) is 1. The zero-order valence-electron chi connectivity index (χ0n) is 9.76. The minimum atomic E-state index is -1.73. The molecule has 1 unspecified atom stereocenters. The van der Waals surface area contributed by atoms with Gasteiger partial charge in [-0.15, -0.1) is 0 Å². The van der Waals surface area contributed by atoms with Gasteiger partial charge >= 0.3 is 0 Å². The number of rotatable bonds is 8. The van der Waals surface area contributed by atoms with Gasteiger partial charge in [0.25, 0.3) is 0 Å². The zero-order valence-corrected chi connectivity index (χ0v) is 10.9. The Bertz CT molecular complexity index is 266. The molecular formula is C12H20O3Si. The van der Waals surface area contributed by atoms with E-state index in [1.54, 1.807) is 7.11 Å². The molecule has 1 aromatic carbocycles. The maximum atomic E-state index is 9.98. The Morgan fingerprint density at radius 2 is 1.88 bits per heavy atom. The summed E-state index contributed by atoms with van der Waals surface area (Å²) < 4.78 is 10.2. The fourth-order valence-electron chi connectivity index (χ4n) is 1.46. The van der Waals surface area contributed by atoms with Gasteiger partial charge in [-0.1, -0.05) is 30.3 Å². The molecule has 0 aliphatic heterocycles. The first kappa shape index (κ1) is 13.4. The lowest BCUT2D eigenvalue weighted by Crippen LogP contribution is -2.29. The quantitative estimate of drug-likeness (QED) is 0.536. The van der Waals surface area contributed by atoms with Crippen LogP contribution in [0.4, 0.5) is 0 Å². The van der Waals surface area contributed by atoms with Gasteiger partial charge in [0.15, 0.2) is 0 Å². The Labute approximate surface area is 98.7 Å². The highest BCUT2D eigenvalue weighted by Crippen LogP contribution is 1.97. The summed E-state index contributed by atoms with van der Waals surface area (Å²) in [7, 11) is -0.0684. The molecule has 0 radical (unpaired) electrons. The van der Waals surface area contributed by atoms with Crippen LogP contribution in [0.25, 0.3) is 0 Å². The lowest BCUT2D eigenvalue weighted by molar-refractivity contribution is 0.0708. The maximum absolute atomic E-state index is 9.98. The maximum Gasteiger partial charge on any atom is 0.204 e. The summed E-state index contributed by atoms with van der Waals surface area (Å²) in [5.41, 5.74) is 0. The predicted octanol–water partition coefficient (Wildman–Crippen LogP) is 0.663. The first-order chi connectivity index (χ1) is 7.84. The van der Waals surface area contributed by atoms with E-state index >= 15 is 0 Å². The predicted molar refractivity (Wildman–Crippen MR) is 67.6 cm³/mol. The minimum absolute atomic E-state index is 0.638. The van der Waals surface area contributed by atoms with Gasteiger partial charge in [-0.3, -0.25) is 0 Å². The summed E-state index contributed by atoms with van der Waals surface area (Å²) in [5, 5.41) is 1.11. The highest BCUT2D eigenvalue weighted by Gasteiger charge is 2.08. The first-order valence-corrected chi connectivity index (χ1v) is 7.55. The van der Waals surface area contributed by atoms with E-state index in [0.717, 1.165) is 17.7 Å². The van der Waals surface area contributed by atoms with Crippen molar-refractivity contribution in [2.75, 3.05) is 26.9 Å². The molecule has 3 nitrogen and oxygen atoms in total. The van der Waals surface area contributed by atoms with E-state index in [1.165, 1.54) is 0 Å². The van der Waals surface area contributed by atoms with Crippen LogP contribution in [0.15, 0.2) is 30.3 Å². The van der Waals surface area contributed by atoms with Crippen LogP contribution in [-0.2, 0) is 9.47 Å². The highest BCUT2D eigenvalue weighted by atomic mass is 28.3. The van der Waals surface area contributed by atoms with Crippen LogP contribution in [0.2, 0.25) is 6.04 Å². The molecule has 90 valence electrons. The van der Waals surface area contributed by atoms with Crippen molar-refractivity contribution in [2.24, 2.45) is 0 Å². The monoisotopic (exact) mass is 240 g/mol. The number of ether oxygens (including phenoxy) is 2. The van der Waals surface area contributed by atoms with E-state index in [1.807, 2.05) is 30.3 Å². The molecule has 1 aromatic rings. The van der Waals surface area contributed by atoms with Crippen molar-refractivity contribution < 1.29 is 14.3 Å². The topological polar surface area (TPSA) is 38.7 Å². The smallest absolute Gasteiger partial charge is 0.204 e. The summed E-state index contributed by atoms with van der Waals surface area (Å²) >= 11 is 0. The second-order valence-corrected chi connectivity index (χ2v) is 5.95. The van der Waals surface area contributed by atoms with Crippen molar-refractivity contribution in [1.29, 1.82) is 0 Å². The van der Waals surface area contributed by atoms with Crippen molar-refractivity contribution in [3.05, 3.63) is 30.3 Å². The van der Waals surface area contributed by atoms with Gasteiger partial charge in [-0.25, -0.2) is 0 Å². The van der Waals surface area contributed by atoms with Crippen LogP contribution >= 0.6 is 0 Å². The third kappa shape index (κ3) is 5.41. The van der Waals surface area contributed by atoms with E-state index in [2.05, 4.69) is 0 Å². The van der Waals surface area contributed by atoms with Gasteiger partial charge in [0.2, 0.25) is 9.04 Å². The molecule has 0 bridgehead atoms. The molecule has 0 saturated carbocycles. The molecule has 0 heterocycles. The first-order valence-electron chi connectivity index (χ1n) is 5.64. The van der Waals surface area contributed by atoms with Crippen molar-refractivity contribution in [3.8, 4) is 0 Å². The largest absolute Gasteiger partial charge is 0.430 e. The lowest BCUT2D eigenvalue weighted by atomic mass is 10.4. The summed E-state index contributed by atoms with van der Waals surface area (Å²) in [6.07, 6.45) is 0.923. The van der Waals surface area contributed by atoms with E-state index in [4.69, 9.17) is 9.47 Å². The molecule has 0 saturated heterocycles. The van der Waals surface area contributed by atoms with Gasteiger partial charge in [0.1, 0.15) is 0 Å². The Morgan fingerprint density at radius 1 is 1.12 bits per heavy atom. The molecule has 16 heavy (non-hydrogen) atoms. The van der Waals surface area contributed by atoms with Crippen molar-refractivity contribution in [1.82, 2.24) is 0 Å². The Kier molecular flexibility index (Phi) is 7.08. The summed E-state index contributed by atoms with van der Waals surface area (Å²) in [4.78, 5) is 9.98. The average Bonchev–Trinajstić information content (AvgIpc) is 2.34. The van der Waals surface area contributed by atoms with Crippen LogP contribution in [0, 0.1) is 0 Å². The summed E-state index contributed by atoms with van der Waals surface area (Å²) in [5.74, 6) is 0. The average molecular weight is 240 g/mol. The summed E-state index contributed by atoms with van der Waals surface area (Å²) in [6.45, 7) is 1.98. The Morgan fingerprint density at radius 3 is 2.56 bits per heavy atom. The Hall–Kier alpha value is -0.683. The second kappa shape index (κ2) is 8.47. The van der Waals surface area contributed by atoms with Crippen molar-refractivity contribution in [2.45, 2.75) is 12.5 Å². The molecule has 4 heteroatoms. The second-order valence-electron chi connectivity index (χ2n) is 3.67. The van der Waals surface area contributed by atoms with Gasteiger partial charge in [0.05, 0.1) is 13.2 Å². The fraction of sp³-hybridized carbons (Fsp3) is 0.500. The van der Waals surface area contributed by atoms with Gasteiger partial charge in [-0.05, 0) is 17.7 Å². The molecule has 0 amide bonds. The minimum Gasteiger partial charge on any atom is -0.430 e. The van der Waals surface area contributed by atoms with Gasteiger partial charge in [0, 0.05) is 13.7 Å². The number of hydrogen-bond acceptors (Lipinski definition) is 3. The SMILES string of the molecule is COCCOCCC[SiH](O)c1ccccc1. The fourth-order valence-corrected chi connectivity index (χ4v) is 3.02.